The van der Waals surface area contributed by atoms with E-state index in [1.165, 1.54) is 0 Å². The van der Waals surface area contributed by atoms with E-state index in [9.17, 15) is 4.79 Å². The third-order valence-electron chi connectivity index (χ3n) is 5.69. The Labute approximate surface area is 160 Å². The molecule has 1 amide bonds. The molecule has 3 heterocycles. The molecule has 0 radical (unpaired) electrons. The summed E-state index contributed by atoms with van der Waals surface area (Å²) < 4.78 is 6.02. The molecule has 1 fully saturated rings. The van der Waals surface area contributed by atoms with Crippen molar-refractivity contribution >= 4 is 11.6 Å². The van der Waals surface area contributed by atoms with Crippen LogP contribution < -0.4 is 10.1 Å². The second-order valence-corrected chi connectivity index (χ2v) is 7.75. The lowest BCUT2D eigenvalue weighted by molar-refractivity contribution is -0.118. The van der Waals surface area contributed by atoms with Gasteiger partial charge in [0, 0.05) is 25.7 Å². The largest absolute Gasteiger partial charge is 0.491 e. The highest BCUT2D eigenvalue weighted by Gasteiger charge is 2.31. The van der Waals surface area contributed by atoms with Crippen molar-refractivity contribution in [2.45, 2.75) is 32.7 Å². The second kappa shape index (κ2) is 8.09. The highest BCUT2D eigenvalue weighted by molar-refractivity contribution is 5.92. The number of hydrogen-bond acceptors (Lipinski definition) is 4. The van der Waals surface area contributed by atoms with Gasteiger partial charge in [-0.2, -0.15) is 0 Å². The van der Waals surface area contributed by atoms with E-state index in [2.05, 4.69) is 21.3 Å². The van der Waals surface area contributed by atoms with Crippen molar-refractivity contribution in [2.75, 3.05) is 25.0 Å². The second-order valence-electron chi connectivity index (χ2n) is 7.75. The zero-order valence-electron chi connectivity index (χ0n) is 15.9. The zero-order chi connectivity index (χ0) is 18.6. The van der Waals surface area contributed by atoms with E-state index in [0.717, 1.165) is 55.2 Å². The summed E-state index contributed by atoms with van der Waals surface area (Å²) in [5, 5.41) is 3.07. The Bertz CT molecular complexity index is 793. The number of rotatable bonds is 2. The molecule has 0 bridgehead atoms. The van der Waals surface area contributed by atoms with Gasteiger partial charge in [-0.15, -0.1) is 0 Å². The van der Waals surface area contributed by atoms with Gasteiger partial charge in [-0.05, 0) is 68.0 Å². The maximum Gasteiger partial charge on any atom is 0.224 e. The predicted octanol–water partition coefficient (Wildman–Crippen LogP) is 3.64. The van der Waals surface area contributed by atoms with E-state index in [4.69, 9.17) is 4.74 Å². The molecule has 1 saturated heterocycles. The number of hydrogen-bond donors (Lipinski definition) is 1. The molecule has 4 rings (SSSR count). The highest BCUT2D eigenvalue weighted by atomic mass is 16.5. The number of ether oxygens (including phenoxy) is 1. The van der Waals surface area contributed by atoms with Gasteiger partial charge in [-0.25, -0.2) is 0 Å². The smallest absolute Gasteiger partial charge is 0.224 e. The van der Waals surface area contributed by atoms with Crippen molar-refractivity contribution in [2.24, 2.45) is 11.8 Å². The normalized spacial score (nSPS) is 23.5. The van der Waals surface area contributed by atoms with Gasteiger partial charge in [0.25, 0.3) is 0 Å². The first-order valence-corrected chi connectivity index (χ1v) is 9.83. The van der Waals surface area contributed by atoms with Gasteiger partial charge >= 0.3 is 0 Å². The minimum absolute atomic E-state index is 0.0977. The molecule has 5 nitrogen and oxygen atoms in total. The molecule has 27 heavy (non-hydrogen) atoms. The molecule has 142 valence electrons. The number of anilines is 1. The monoisotopic (exact) mass is 365 g/mol. The maximum atomic E-state index is 12.6. The van der Waals surface area contributed by atoms with Crippen LogP contribution in [-0.2, 0) is 11.3 Å². The first kappa shape index (κ1) is 18.0. The van der Waals surface area contributed by atoms with Crippen LogP contribution in [0.3, 0.4) is 0 Å². The number of carbonyl (C=O) groups is 1. The molecule has 1 aromatic heterocycles. The number of likely N-dealkylation sites (tertiary alicyclic amines) is 1. The molecule has 1 aromatic carbocycles. The van der Waals surface area contributed by atoms with Gasteiger partial charge in [0.1, 0.15) is 5.75 Å². The van der Waals surface area contributed by atoms with E-state index in [1.54, 1.807) is 0 Å². The number of benzene rings is 1. The average Bonchev–Trinajstić information content (AvgIpc) is 2.66. The number of amides is 1. The van der Waals surface area contributed by atoms with Gasteiger partial charge in [0.2, 0.25) is 5.91 Å². The number of nitrogens with one attached hydrogen (secondary N) is 1. The quantitative estimate of drug-likeness (QED) is 0.883. The van der Waals surface area contributed by atoms with Crippen LogP contribution >= 0.6 is 0 Å². The third-order valence-corrected chi connectivity index (χ3v) is 5.69. The molecule has 2 aromatic rings. The number of nitrogens with zero attached hydrogens (tertiary/aromatic N) is 2. The molecule has 5 heteroatoms. The average molecular weight is 365 g/mol. The van der Waals surface area contributed by atoms with Crippen LogP contribution in [0.1, 0.15) is 30.5 Å². The van der Waals surface area contributed by atoms with Gasteiger partial charge < -0.3 is 10.1 Å². The molecular formula is C22H27N3O2. The molecule has 1 N–H and O–H groups in total. The molecule has 0 aliphatic carbocycles. The van der Waals surface area contributed by atoms with E-state index in [1.807, 2.05) is 43.5 Å². The molecule has 0 saturated carbocycles. The number of piperidine rings is 1. The summed E-state index contributed by atoms with van der Waals surface area (Å²) in [6.45, 7) is 5.60. The summed E-state index contributed by atoms with van der Waals surface area (Å²) in [5.74, 6) is 1.76. The van der Waals surface area contributed by atoms with Gasteiger partial charge in [0.15, 0.2) is 0 Å². The highest BCUT2D eigenvalue weighted by Crippen LogP contribution is 2.33. The van der Waals surface area contributed by atoms with Gasteiger partial charge in [-0.1, -0.05) is 12.1 Å². The van der Waals surface area contributed by atoms with Crippen LogP contribution in [0.15, 0.2) is 42.6 Å². The number of pyridine rings is 1. The van der Waals surface area contributed by atoms with Crippen molar-refractivity contribution in [3.8, 4) is 5.75 Å². The topological polar surface area (TPSA) is 54.5 Å². The number of fused-ring (bicyclic) bond motifs is 2. The zero-order valence-corrected chi connectivity index (χ0v) is 15.9. The third kappa shape index (κ3) is 4.48. The molecule has 0 unspecified atom stereocenters. The number of aromatic nitrogens is 1. The van der Waals surface area contributed by atoms with E-state index in [0.29, 0.717) is 24.9 Å². The summed E-state index contributed by atoms with van der Waals surface area (Å²) in [4.78, 5) is 19.5. The van der Waals surface area contributed by atoms with Crippen molar-refractivity contribution in [1.82, 2.24) is 9.88 Å². The van der Waals surface area contributed by atoms with Crippen LogP contribution in [0.2, 0.25) is 0 Å². The summed E-state index contributed by atoms with van der Waals surface area (Å²) in [7, 11) is 0. The van der Waals surface area contributed by atoms with E-state index in [-0.39, 0.29) is 5.91 Å². The van der Waals surface area contributed by atoms with Crippen molar-refractivity contribution in [3.05, 3.63) is 53.9 Å². The van der Waals surface area contributed by atoms with Crippen molar-refractivity contribution in [1.29, 1.82) is 0 Å². The molecule has 0 spiro atoms. The summed E-state index contributed by atoms with van der Waals surface area (Å²) in [6, 6.07) is 12.0. The standard InChI is InChI=1S/C22H27N3O2/c1-16-5-6-21-20(12-16)24-22(26)13-17-7-10-25(14-18(17)8-11-27-21)15-19-4-2-3-9-23-19/h2-6,9,12,17-18H,7-8,10-11,13-15H2,1H3,(H,24,26)/t17-,18-/m0/s1. The first-order valence-electron chi connectivity index (χ1n) is 9.83. The van der Waals surface area contributed by atoms with Crippen LogP contribution in [0.5, 0.6) is 5.75 Å². The van der Waals surface area contributed by atoms with Crippen LogP contribution in [-0.4, -0.2) is 35.5 Å². The van der Waals surface area contributed by atoms with Crippen molar-refractivity contribution in [3.63, 3.8) is 0 Å². The first-order chi connectivity index (χ1) is 13.2. The fourth-order valence-corrected chi connectivity index (χ4v) is 4.24. The fraction of sp³-hybridized carbons (Fsp3) is 0.455. The Morgan fingerprint density at radius 3 is 3.00 bits per heavy atom. The molecule has 2 aliphatic heterocycles. The van der Waals surface area contributed by atoms with E-state index >= 15 is 0 Å². The minimum atomic E-state index is 0.0977. The molecular weight excluding hydrogens is 338 g/mol. The Morgan fingerprint density at radius 2 is 2.15 bits per heavy atom. The van der Waals surface area contributed by atoms with Crippen LogP contribution in [0.4, 0.5) is 5.69 Å². The minimum Gasteiger partial charge on any atom is -0.491 e. The predicted molar refractivity (Wildman–Crippen MR) is 106 cm³/mol. The lowest BCUT2D eigenvalue weighted by Gasteiger charge is -2.38. The lowest BCUT2D eigenvalue weighted by Crippen LogP contribution is -2.42. The number of carbonyl (C=O) groups excluding carboxylic acids is 1. The Hall–Kier alpha value is -2.40. The van der Waals surface area contributed by atoms with Crippen molar-refractivity contribution < 1.29 is 9.53 Å². The van der Waals surface area contributed by atoms with Gasteiger partial charge in [0.05, 0.1) is 18.0 Å². The fourth-order valence-electron chi connectivity index (χ4n) is 4.24. The molecule has 2 aliphatic rings. The Morgan fingerprint density at radius 1 is 1.22 bits per heavy atom. The Balaban J connectivity index is 1.45. The maximum absolute atomic E-state index is 12.6. The van der Waals surface area contributed by atoms with Crippen LogP contribution in [0.25, 0.3) is 0 Å². The Kier molecular flexibility index (Phi) is 5.39. The lowest BCUT2D eigenvalue weighted by atomic mass is 9.81. The summed E-state index contributed by atoms with van der Waals surface area (Å²) >= 11 is 0. The van der Waals surface area contributed by atoms with E-state index < -0.39 is 0 Å². The van der Waals surface area contributed by atoms with Crippen LogP contribution in [0, 0.1) is 18.8 Å². The summed E-state index contributed by atoms with van der Waals surface area (Å²) in [6.07, 6.45) is 4.47. The summed E-state index contributed by atoms with van der Waals surface area (Å²) in [5.41, 5.74) is 3.02. The molecule has 2 atom stereocenters. The SMILES string of the molecule is Cc1ccc2c(c1)NC(=O)C[C@@H]1CCN(Cc3ccccn3)C[C@@H]1CCO2. The van der Waals surface area contributed by atoms with Gasteiger partial charge in [-0.3, -0.25) is 14.7 Å². The number of aryl methyl sites for hydroxylation is 1.